The largest absolute Gasteiger partial charge is 0.487 e. The Morgan fingerprint density at radius 1 is 1.06 bits per heavy atom. The summed E-state index contributed by atoms with van der Waals surface area (Å²) in [6.07, 6.45) is 1.54. The SMILES string of the molecule is Cc1ccc(NC(=O)/C(C#N)=C\c2cc(I)c(OCc3ccc(Cl)cc3Cl)c(I)c2)cc1Cl. The van der Waals surface area contributed by atoms with E-state index in [-0.39, 0.29) is 12.2 Å². The first-order valence-electron chi connectivity index (χ1n) is 9.43. The highest BCUT2D eigenvalue weighted by molar-refractivity contribution is 14.1. The van der Waals surface area contributed by atoms with Gasteiger partial charge in [-0.3, -0.25) is 4.79 Å². The Morgan fingerprint density at radius 3 is 2.36 bits per heavy atom. The van der Waals surface area contributed by atoms with Gasteiger partial charge in [0.2, 0.25) is 0 Å². The number of benzene rings is 3. The van der Waals surface area contributed by atoms with Crippen molar-refractivity contribution in [3.05, 3.63) is 93.0 Å². The van der Waals surface area contributed by atoms with Gasteiger partial charge in [-0.1, -0.05) is 46.9 Å². The molecule has 1 N–H and O–H groups in total. The minimum Gasteiger partial charge on any atom is -0.487 e. The van der Waals surface area contributed by atoms with Gasteiger partial charge in [-0.2, -0.15) is 5.26 Å². The topological polar surface area (TPSA) is 62.1 Å². The van der Waals surface area contributed by atoms with Crippen molar-refractivity contribution < 1.29 is 9.53 Å². The quantitative estimate of drug-likeness (QED) is 0.158. The molecular formula is C24H15Cl3I2N2O2. The number of halogens is 5. The Hall–Kier alpha value is -1.51. The molecule has 0 atom stereocenters. The number of nitrogens with zero attached hydrogens (tertiary/aromatic N) is 1. The summed E-state index contributed by atoms with van der Waals surface area (Å²) in [7, 11) is 0. The summed E-state index contributed by atoms with van der Waals surface area (Å²) in [4.78, 5) is 12.6. The van der Waals surface area contributed by atoms with E-state index in [1.807, 2.05) is 31.2 Å². The fraction of sp³-hybridized carbons (Fsp3) is 0.0833. The molecule has 0 aliphatic rings. The van der Waals surface area contributed by atoms with Crippen molar-refractivity contribution in [3.8, 4) is 11.8 Å². The predicted octanol–water partition coefficient (Wildman–Crippen LogP) is 8.29. The van der Waals surface area contributed by atoms with Gasteiger partial charge in [0.25, 0.3) is 5.91 Å². The van der Waals surface area contributed by atoms with E-state index in [2.05, 4.69) is 50.5 Å². The number of aryl methyl sites for hydroxylation is 1. The summed E-state index contributed by atoms with van der Waals surface area (Å²) >= 11 is 22.6. The molecule has 0 bridgehead atoms. The third-order valence-electron chi connectivity index (χ3n) is 4.51. The van der Waals surface area contributed by atoms with Gasteiger partial charge in [-0.25, -0.2) is 0 Å². The number of hydrogen-bond acceptors (Lipinski definition) is 3. The number of nitrogens with one attached hydrogen (secondary N) is 1. The van der Waals surface area contributed by atoms with Crippen LogP contribution in [0.15, 0.2) is 54.1 Å². The second-order valence-electron chi connectivity index (χ2n) is 6.93. The molecular weight excluding hydrogens is 708 g/mol. The van der Waals surface area contributed by atoms with Crippen LogP contribution in [-0.2, 0) is 11.4 Å². The van der Waals surface area contributed by atoms with Gasteiger partial charge in [0.15, 0.2) is 0 Å². The molecule has 168 valence electrons. The van der Waals surface area contributed by atoms with Crippen molar-refractivity contribution in [1.82, 2.24) is 0 Å². The maximum atomic E-state index is 12.6. The van der Waals surface area contributed by atoms with E-state index in [9.17, 15) is 10.1 Å². The van der Waals surface area contributed by atoms with Crippen LogP contribution in [0, 0.1) is 25.4 Å². The average Bonchev–Trinajstić information content (AvgIpc) is 2.75. The lowest BCUT2D eigenvalue weighted by Gasteiger charge is -2.13. The van der Waals surface area contributed by atoms with Crippen molar-refractivity contribution in [1.29, 1.82) is 5.26 Å². The van der Waals surface area contributed by atoms with E-state index in [4.69, 9.17) is 39.5 Å². The van der Waals surface area contributed by atoms with Crippen LogP contribution in [-0.4, -0.2) is 5.91 Å². The number of amides is 1. The van der Waals surface area contributed by atoms with E-state index >= 15 is 0 Å². The molecule has 0 aromatic heterocycles. The van der Waals surface area contributed by atoms with Crippen LogP contribution in [0.4, 0.5) is 5.69 Å². The fourth-order valence-corrected chi connectivity index (χ4v) is 5.54. The van der Waals surface area contributed by atoms with E-state index in [0.29, 0.717) is 32.1 Å². The van der Waals surface area contributed by atoms with E-state index in [1.54, 1.807) is 30.3 Å². The van der Waals surface area contributed by atoms with Crippen LogP contribution in [0.5, 0.6) is 5.75 Å². The third kappa shape index (κ3) is 6.99. The van der Waals surface area contributed by atoms with Crippen molar-refractivity contribution in [2.45, 2.75) is 13.5 Å². The summed E-state index contributed by atoms with van der Waals surface area (Å²) in [5.74, 6) is 0.178. The summed E-state index contributed by atoms with van der Waals surface area (Å²) in [6, 6.07) is 16.1. The fourth-order valence-electron chi connectivity index (χ4n) is 2.77. The molecule has 3 rings (SSSR count). The number of hydrogen-bond donors (Lipinski definition) is 1. The Kier molecular flexibility index (Phi) is 9.30. The van der Waals surface area contributed by atoms with E-state index in [0.717, 1.165) is 18.3 Å². The summed E-state index contributed by atoms with van der Waals surface area (Å²) in [5.41, 5.74) is 2.91. The average molecular weight is 724 g/mol. The zero-order valence-corrected chi connectivity index (χ0v) is 23.6. The van der Waals surface area contributed by atoms with Crippen molar-refractivity contribution in [2.75, 3.05) is 5.32 Å². The van der Waals surface area contributed by atoms with Gasteiger partial charge in [-0.15, -0.1) is 0 Å². The maximum Gasteiger partial charge on any atom is 0.266 e. The molecule has 0 saturated heterocycles. The minimum absolute atomic E-state index is 0.0279. The normalized spacial score (nSPS) is 11.1. The lowest BCUT2D eigenvalue weighted by atomic mass is 10.1. The zero-order chi connectivity index (χ0) is 24.1. The number of carbonyl (C=O) groups excluding carboxylic acids is 1. The lowest BCUT2D eigenvalue weighted by Crippen LogP contribution is -2.13. The third-order valence-corrected chi connectivity index (χ3v) is 7.11. The molecule has 0 unspecified atom stereocenters. The number of ether oxygens (including phenoxy) is 1. The number of nitriles is 1. The molecule has 0 aliphatic carbocycles. The molecule has 3 aromatic rings. The predicted molar refractivity (Wildman–Crippen MR) is 151 cm³/mol. The van der Waals surface area contributed by atoms with Crippen LogP contribution in [0.1, 0.15) is 16.7 Å². The molecule has 33 heavy (non-hydrogen) atoms. The maximum absolute atomic E-state index is 12.6. The highest BCUT2D eigenvalue weighted by Crippen LogP contribution is 2.31. The molecule has 0 spiro atoms. The van der Waals surface area contributed by atoms with Gasteiger partial charge >= 0.3 is 0 Å². The second kappa shape index (κ2) is 11.8. The highest BCUT2D eigenvalue weighted by atomic mass is 127. The summed E-state index contributed by atoms with van der Waals surface area (Å²) in [5, 5.41) is 13.9. The summed E-state index contributed by atoms with van der Waals surface area (Å²) < 4.78 is 7.65. The standard InChI is InChI=1S/C24H15Cl3I2N2O2/c1-13-2-5-18(10-19(13)26)31-24(32)16(11-30)6-14-7-21(28)23(22(29)8-14)33-12-15-3-4-17(25)9-20(15)27/h2-10H,12H2,1H3,(H,31,32)/b16-6-. The van der Waals surface area contributed by atoms with Crippen molar-refractivity contribution in [2.24, 2.45) is 0 Å². The zero-order valence-electron chi connectivity index (χ0n) is 17.1. The molecule has 0 aliphatic heterocycles. The molecule has 0 saturated carbocycles. The Bertz CT molecular complexity index is 1280. The van der Waals surface area contributed by atoms with Gasteiger partial charge in [0.05, 0.1) is 7.14 Å². The van der Waals surface area contributed by atoms with Crippen molar-refractivity contribution in [3.63, 3.8) is 0 Å². The van der Waals surface area contributed by atoms with E-state index < -0.39 is 5.91 Å². The van der Waals surface area contributed by atoms with Crippen LogP contribution < -0.4 is 10.1 Å². The van der Waals surface area contributed by atoms with Crippen LogP contribution in [0.3, 0.4) is 0 Å². The number of anilines is 1. The van der Waals surface area contributed by atoms with Gasteiger partial charge in [0, 0.05) is 26.3 Å². The molecule has 4 nitrogen and oxygen atoms in total. The Balaban J connectivity index is 1.78. The molecule has 0 radical (unpaired) electrons. The van der Waals surface area contributed by atoms with Gasteiger partial charge in [-0.05, 0) is 106 Å². The molecule has 3 aromatic carbocycles. The van der Waals surface area contributed by atoms with Crippen LogP contribution >= 0.6 is 80.0 Å². The molecule has 0 fully saturated rings. The van der Waals surface area contributed by atoms with E-state index in [1.165, 1.54) is 6.08 Å². The van der Waals surface area contributed by atoms with Gasteiger partial charge < -0.3 is 10.1 Å². The van der Waals surface area contributed by atoms with Gasteiger partial charge in [0.1, 0.15) is 24.0 Å². The second-order valence-corrected chi connectivity index (χ2v) is 10.5. The van der Waals surface area contributed by atoms with Crippen LogP contribution in [0.25, 0.3) is 6.08 Å². The lowest BCUT2D eigenvalue weighted by molar-refractivity contribution is -0.112. The van der Waals surface area contributed by atoms with Crippen molar-refractivity contribution >= 4 is 97.7 Å². The first-order chi connectivity index (χ1) is 15.7. The summed E-state index contributed by atoms with van der Waals surface area (Å²) in [6.45, 7) is 2.15. The first-order valence-corrected chi connectivity index (χ1v) is 12.7. The Morgan fingerprint density at radius 2 is 1.76 bits per heavy atom. The first kappa shape index (κ1) is 26.1. The monoisotopic (exact) mass is 722 g/mol. The van der Waals surface area contributed by atoms with Crippen LogP contribution in [0.2, 0.25) is 15.1 Å². The molecule has 1 amide bonds. The minimum atomic E-state index is -0.514. The number of rotatable bonds is 6. The Labute approximate surface area is 234 Å². The number of carbonyl (C=O) groups is 1. The molecule has 0 heterocycles. The molecule has 9 heteroatoms. The highest BCUT2D eigenvalue weighted by Gasteiger charge is 2.14. The smallest absolute Gasteiger partial charge is 0.266 e.